The Balaban J connectivity index is 1.35. The Bertz CT molecular complexity index is 4670. The van der Waals surface area contributed by atoms with Crippen LogP contribution in [0.25, 0.3) is 0 Å². The van der Waals surface area contributed by atoms with Gasteiger partial charge < -0.3 is 132 Å². The first-order valence-corrected chi connectivity index (χ1v) is 51.4. The van der Waals surface area contributed by atoms with Gasteiger partial charge in [-0.25, -0.2) is 0 Å². The number of carbonyl (C=O) groups is 19. The summed E-state index contributed by atoms with van der Waals surface area (Å²) in [6, 6.07) is -10.4. The van der Waals surface area contributed by atoms with E-state index in [1.54, 1.807) is 82.3 Å². The number of carboxylic acids is 1. The van der Waals surface area contributed by atoms with Gasteiger partial charge in [-0.05, 0) is 171 Å². The quantitative estimate of drug-likeness (QED) is 0.0137. The van der Waals surface area contributed by atoms with Crippen LogP contribution in [0.1, 0.15) is 201 Å². The molecular weight excluding hydrogens is 1890 g/mol. The van der Waals surface area contributed by atoms with Gasteiger partial charge in [0.05, 0.1) is 12.7 Å². The number of likely N-dealkylation sites (tertiary alicyclic amines) is 3. The van der Waals surface area contributed by atoms with Gasteiger partial charge in [0.25, 0.3) is 0 Å². The van der Waals surface area contributed by atoms with Crippen molar-refractivity contribution in [1.82, 2.24) is 94.0 Å². The fourth-order valence-electron chi connectivity index (χ4n) is 17.5. The van der Waals surface area contributed by atoms with Crippen molar-refractivity contribution in [2.75, 3.05) is 63.9 Å². The van der Waals surface area contributed by atoms with Crippen molar-refractivity contribution in [1.29, 1.82) is 5.41 Å². The van der Waals surface area contributed by atoms with Crippen LogP contribution in [-0.4, -0.2) is 326 Å². The molecule has 782 valence electrons. The Morgan fingerprint density at radius 1 is 0.574 bits per heavy atom. The Kier molecular flexibility index (Phi) is 48.5. The Labute approximate surface area is 833 Å². The first-order valence-electron chi connectivity index (χ1n) is 48.5. The fourth-order valence-corrected chi connectivity index (χ4v) is 19.9. The number of fused-ring (bicyclic) bond motifs is 1. The molecule has 2 aromatic rings. The van der Waals surface area contributed by atoms with Gasteiger partial charge in [0.1, 0.15) is 103 Å². The predicted molar refractivity (Wildman–Crippen MR) is 524 cm³/mol. The molecule has 3 unspecified atom stereocenters. The summed E-state index contributed by atoms with van der Waals surface area (Å²) in [6.45, 7) is 10.1. The van der Waals surface area contributed by atoms with Gasteiger partial charge in [-0.1, -0.05) is 123 Å². The van der Waals surface area contributed by atoms with Crippen LogP contribution in [0.5, 0.6) is 0 Å². The molecule has 2 aromatic carbocycles. The third-order valence-corrected chi connectivity index (χ3v) is 27.7. The number of benzene rings is 2. The maximum Gasteiger partial charge on any atom is 0.303 e. The molecule has 141 heavy (non-hydrogen) atoms. The van der Waals surface area contributed by atoms with Gasteiger partial charge in [0, 0.05) is 81.9 Å². The molecule has 5 aliphatic heterocycles. The molecule has 0 saturated carbocycles. The Hall–Kier alpha value is -11.5. The lowest BCUT2D eigenvalue weighted by Crippen LogP contribution is -2.61. The number of halogens is 1. The zero-order valence-electron chi connectivity index (χ0n) is 81.2. The number of hydrogen-bond donors (Lipinski definition) is 22. The van der Waals surface area contributed by atoms with Gasteiger partial charge in [-0.15, -0.1) is 0 Å². The summed E-state index contributed by atoms with van der Waals surface area (Å²) in [5, 5.41) is 77.1. The van der Waals surface area contributed by atoms with E-state index in [-0.39, 0.29) is 153 Å². The first-order chi connectivity index (χ1) is 67.1. The minimum absolute atomic E-state index is 0.00301. The second-order valence-corrected chi connectivity index (χ2v) is 40.1. The molecule has 0 aromatic heterocycles. The van der Waals surface area contributed by atoms with Crippen molar-refractivity contribution in [3.63, 3.8) is 0 Å². The molecule has 5 aliphatic rings. The van der Waals surface area contributed by atoms with Gasteiger partial charge >= 0.3 is 5.97 Å². The van der Waals surface area contributed by atoms with E-state index in [0.717, 1.165) is 26.5 Å². The van der Waals surface area contributed by atoms with E-state index in [2.05, 4.69) is 74.4 Å². The van der Waals surface area contributed by atoms with E-state index in [0.29, 0.717) is 49.7 Å². The standard InChI is InChI=1S/C93H144ClN23O22S2/c1-8-9-26-63-89(136)114-39-19-30-70(114)86(133)101-53(6)77(124)112-68(49-118)84(131)110-66(45-55-22-11-10-12-23-55)83(130)113-69(85(132)108-64(28-14-16-37-96)90(137)116-41-21-32-72(116)91(138)117-48-58(120)47-73(117)88(135)103-59(76(97)123)33-34-74(121)122)50-141-140-42-35-62(80(127)109-65(43-51(2)3)81(128)105-61(29-18-38-100-93(98)99)78(125)104-60(79(126)107-63)27-13-15-36-95)106-82(129)67(46-56-24-17-25-57(94)44-56)111-87(134)71-31-20-40-115(71)92(139)75(52(4)5)102-54(7)119/h10-12,17,22-25,44,51-53,58-73,75,118,120H,8-9,13-16,18-21,26-43,45-50,95-96H2,1-7H3,(H2,97,123)(H,101,133)(H,102,119)(H,103,135)(H,104,125)(H,105,128)(H,106,129)(H,107,126)(H,108,132)(H,109,127)(H,110,131)(H,111,134)(H,112,124)(H,113,130)(H,121,122)(H4,98,99,100)/t53?,58-,59+,60+,61+,62?,63+,64?,65+,66+,67+,68+,69+,70+,71+,72+,73+,75+/m1/s1. The number of hydrogen-bond acceptors (Lipinski definition) is 26. The number of aliphatic hydroxyl groups is 2. The number of carbonyl (C=O) groups excluding carboxylic acids is 18. The Morgan fingerprint density at radius 3 is 1.77 bits per heavy atom. The number of nitrogens with one attached hydrogen (secondary N) is 15. The highest BCUT2D eigenvalue weighted by molar-refractivity contribution is 8.76. The molecule has 5 saturated heterocycles. The molecule has 45 nitrogen and oxygen atoms in total. The van der Waals surface area contributed by atoms with Crippen molar-refractivity contribution < 1.29 is 106 Å². The third-order valence-electron chi connectivity index (χ3n) is 25.0. The molecule has 0 aliphatic carbocycles. The lowest BCUT2D eigenvalue weighted by Gasteiger charge is -2.33. The summed E-state index contributed by atoms with van der Waals surface area (Å²) in [7, 11) is 1.89. The number of β-amino-alcohol motifs (C(OH)–C–C–N with tert-alkyl or cyclic N) is 1. The highest BCUT2D eigenvalue weighted by Crippen LogP contribution is 2.30. The highest BCUT2D eigenvalue weighted by Gasteiger charge is 2.49. The van der Waals surface area contributed by atoms with E-state index < -0.39 is 271 Å². The van der Waals surface area contributed by atoms with E-state index in [1.165, 1.54) is 28.5 Å². The van der Waals surface area contributed by atoms with Crippen LogP contribution in [0.3, 0.4) is 0 Å². The van der Waals surface area contributed by atoms with Crippen molar-refractivity contribution >= 4 is 151 Å². The number of rotatable bonds is 39. The van der Waals surface area contributed by atoms with Crippen LogP contribution in [-0.2, 0) is 104 Å². The summed E-state index contributed by atoms with van der Waals surface area (Å²) in [6.07, 6.45) is -0.775. The van der Waals surface area contributed by atoms with Crippen molar-refractivity contribution in [3.05, 3.63) is 70.7 Å². The molecule has 18 atom stereocenters. The third kappa shape index (κ3) is 36.7. The minimum Gasteiger partial charge on any atom is -0.481 e. The van der Waals surface area contributed by atoms with E-state index in [1.807, 2.05) is 6.92 Å². The molecule has 26 N–H and O–H groups in total. The van der Waals surface area contributed by atoms with Crippen LogP contribution < -0.4 is 97.4 Å². The second kappa shape index (κ2) is 58.8. The number of primary amides is 1. The summed E-state index contributed by atoms with van der Waals surface area (Å²) in [5.41, 5.74) is 24.0. The lowest BCUT2D eigenvalue weighted by atomic mass is 10.0. The van der Waals surface area contributed by atoms with Crippen molar-refractivity contribution in [2.45, 2.75) is 311 Å². The van der Waals surface area contributed by atoms with Crippen molar-refractivity contribution in [2.24, 2.45) is 34.8 Å². The largest absolute Gasteiger partial charge is 0.481 e. The van der Waals surface area contributed by atoms with Crippen LogP contribution in [0.2, 0.25) is 5.02 Å². The maximum absolute atomic E-state index is 15.7. The normalized spacial score (nSPS) is 24.5. The van der Waals surface area contributed by atoms with Gasteiger partial charge in [0.15, 0.2) is 5.96 Å². The monoisotopic (exact) mass is 2030 g/mol. The summed E-state index contributed by atoms with van der Waals surface area (Å²) in [4.78, 5) is 281. The minimum atomic E-state index is -1.85. The second-order valence-electron chi connectivity index (χ2n) is 37.0. The van der Waals surface area contributed by atoms with Gasteiger partial charge in [-0.2, -0.15) is 0 Å². The molecular formula is C93H144ClN23O22S2. The van der Waals surface area contributed by atoms with Crippen LogP contribution >= 0.6 is 33.2 Å². The maximum atomic E-state index is 15.7. The molecule has 5 fully saturated rings. The average molecular weight is 2040 g/mol. The SMILES string of the molecule is CCCC[C@@H]1NC(=O)[C@H](CCCCN)NC(=O)[C@H](CCCNC(=N)N)NC(=O)[C@H](CC(C)C)NC(=O)C(NC(=O)[C@H](Cc2cccc(Cl)c2)NC(=O)[C@@H]2CCCN2C(=O)[C@@H](NC(C)=O)C(C)C)CCSSC[C@@H](C(=O)NC(CCCCN)C(=O)N2CCC[C@H]2C(=O)N2C[C@H](O)C[C@H]2C(=O)N[C@@H](CCC(=O)O)C(N)=O)NC(=O)[C@H](Cc2ccccc2)NC(=O)[C@H](CO)NC(=O)C(C)NC(=O)[C@@H]2CCCN2C1=O. The zero-order chi connectivity index (χ0) is 104. The number of guanidine groups is 1. The van der Waals surface area contributed by atoms with E-state index >= 15 is 33.6 Å². The predicted octanol–water partition coefficient (Wildman–Crippen LogP) is -3.06. The Morgan fingerprint density at radius 2 is 1.15 bits per heavy atom. The number of aliphatic hydroxyl groups excluding tert-OH is 2. The number of nitrogens with zero attached hydrogens (tertiary/aromatic N) is 4. The van der Waals surface area contributed by atoms with Crippen molar-refractivity contribution in [3.8, 4) is 0 Å². The summed E-state index contributed by atoms with van der Waals surface area (Å²) >= 11 is 6.54. The zero-order valence-corrected chi connectivity index (χ0v) is 83.6. The summed E-state index contributed by atoms with van der Waals surface area (Å²) in [5.74, 6) is -19.0. The van der Waals surface area contributed by atoms with Crippen LogP contribution in [0, 0.1) is 17.2 Å². The molecule has 0 spiro atoms. The van der Waals surface area contributed by atoms with E-state index in [9.17, 15) is 72.9 Å². The molecule has 5 heterocycles. The number of amides is 18. The number of aliphatic carboxylic acids is 1. The average Bonchev–Trinajstić information content (AvgIpc) is 1.65. The molecule has 0 bridgehead atoms. The fraction of sp³-hybridized carbons (Fsp3) is 0.656. The smallest absolute Gasteiger partial charge is 0.303 e. The molecule has 7 rings (SSSR count). The highest BCUT2D eigenvalue weighted by atomic mass is 35.5. The van der Waals surface area contributed by atoms with Gasteiger partial charge in [0.2, 0.25) is 106 Å². The van der Waals surface area contributed by atoms with Gasteiger partial charge in [-0.3, -0.25) is 96.5 Å². The summed E-state index contributed by atoms with van der Waals surface area (Å²) < 4.78 is 0. The topological polar surface area (TPSA) is 694 Å². The van der Waals surface area contributed by atoms with Crippen LogP contribution in [0.4, 0.5) is 0 Å². The number of unbranched alkanes of at least 4 members (excludes halogenated alkanes) is 3. The number of carboxylic acid groups (broad SMARTS) is 1. The first kappa shape index (κ1) is 116. The molecule has 18 amide bonds. The van der Waals surface area contributed by atoms with E-state index in [4.69, 9.17) is 39.9 Å². The van der Waals surface area contributed by atoms with Crippen LogP contribution in [0.15, 0.2) is 54.6 Å². The lowest BCUT2D eigenvalue weighted by molar-refractivity contribution is -0.148. The number of nitrogens with two attached hydrogens (primary N) is 4. The molecule has 0 radical (unpaired) electrons. The molecule has 48 heteroatoms.